The molecule has 2 aromatic carbocycles. The number of hydrogen-bond acceptors (Lipinski definition) is 3. The highest BCUT2D eigenvalue weighted by molar-refractivity contribution is 7.99. The Bertz CT molecular complexity index is 536. The summed E-state index contributed by atoms with van der Waals surface area (Å²) < 4.78 is 0. The zero-order valence-electron chi connectivity index (χ0n) is 10.2. The van der Waals surface area contributed by atoms with Crippen LogP contribution in [0.4, 0.5) is 5.69 Å². The summed E-state index contributed by atoms with van der Waals surface area (Å²) in [6.45, 7) is 0. The molecule has 0 saturated heterocycles. The van der Waals surface area contributed by atoms with Crippen LogP contribution in [0.2, 0.25) is 0 Å². The predicted molar refractivity (Wildman–Crippen MR) is 81.8 cm³/mol. The first-order valence-electron chi connectivity index (χ1n) is 5.99. The second kappa shape index (κ2) is 5.29. The van der Waals surface area contributed by atoms with Gasteiger partial charge in [0, 0.05) is 21.2 Å². The molecule has 0 bridgehead atoms. The molecule has 1 aliphatic rings. The van der Waals surface area contributed by atoms with Gasteiger partial charge in [-0.2, -0.15) is 0 Å². The van der Waals surface area contributed by atoms with Crippen LogP contribution >= 0.6 is 23.5 Å². The van der Waals surface area contributed by atoms with Crippen LogP contribution in [0.1, 0.15) is 11.6 Å². The molecule has 1 N–H and O–H groups in total. The fraction of sp³-hybridized carbons (Fsp3) is 0.200. The minimum absolute atomic E-state index is 0.417. The minimum Gasteiger partial charge on any atom is -0.376 e. The average molecular weight is 273 g/mol. The lowest BCUT2D eigenvalue weighted by Crippen LogP contribution is -2.17. The van der Waals surface area contributed by atoms with Crippen molar-refractivity contribution in [3.05, 3.63) is 54.1 Å². The van der Waals surface area contributed by atoms with E-state index in [1.54, 1.807) is 11.8 Å². The maximum atomic E-state index is 3.62. The summed E-state index contributed by atoms with van der Waals surface area (Å²) in [6, 6.07) is 17.8. The summed E-state index contributed by atoms with van der Waals surface area (Å²) in [4.78, 5) is 2.68. The molecule has 0 aliphatic carbocycles. The van der Waals surface area contributed by atoms with E-state index < -0.39 is 0 Å². The van der Waals surface area contributed by atoms with Crippen LogP contribution in [0.5, 0.6) is 0 Å². The molecular weight excluding hydrogens is 258 g/mol. The molecule has 3 rings (SSSR count). The topological polar surface area (TPSA) is 12.0 Å². The Hall–Kier alpha value is -1.06. The van der Waals surface area contributed by atoms with Crippen molar-refractivity contribution in [1.29, 1.82) is 0 Å². The molecule has 1 atom stereocenters. The number of fused-ring (bicyclic) bond motifs is 1. The first-order valence-corrected chi connectivity index (χ1v) is 8.20. The van der Waals surface area contributed by atoms with E-state index in [9.17, 15) is 0 Å². The molecule has 18 heavy (non-hydrogen) atoms. The summed E-state index contributed by atoms with van der Waals surface area (Å²) in [5.74, 6) is 1.09. The van der Waals surface area contributed by atoms with E-state index in [1.807, 2.05) is 11.8 Å². The molecule has 92 valence electrons. The molecule has 0 amide bonds. The minimum atomic E-state index is 0.417. The van der Waals surface area contributed by atoms with Gasteiger partial charge in [0.05, 0.1) is 6.04 Å². The second-order valence-corrected chi connectivity index (χ2v) is 6.22. The van der Waals surface area contributed by atoms with E-state index in [0.29, 0.717) is 6.04 Å². The van der Waals surface area contributed by atoms with Crippen LogP contribution in [0.15, 0.2) is 58.3 Å². The predicted octanol–water partition coefficient (Wildman–Crippen LogP) is 4.67. The van der Waals surface area contributed by atoms with Crippen LogP contribution in [0.3, 0.4) is 0 Å². The van der Waals surface area contributed by atoms with Gasteiger partial charge in [0.1, 0.15) is 0 Å². The van der Waals surface area contributed by atoms with E-state index in [-0.39, 0.29) is 0 Å². The monoisotopic (exact) mass is 273 g/mol. The highest BCUT2D eigenvalue weighted by Crippen LogP contribution is 2.38. The number of anilines is 1. The van der Waals surface area contributed by atoms with Gasteiger partial charge in [-0.1, -0.05) is 24.3 Å². The molecule has 0 saturated carbocycles. The van der Waals surface area contributed by atoms with Gasteiger partial charge in [-0.05, 0) is 36.1 Å². The summed E-state index contributed by atoms with van der Waals surface area (Å²) in [6.07, 6.45) is 2.11. The zero-order valence-corrected chi connectivity index (χ0v) is 11.9. The van der Waals surface area contributed by atoms with Gasteiger partial charge in [0.25, 0.3) is 0 Å². The van der Waals surface area contributed by atoms with Crippen molar-refractivity contribution in [3.8, 4) is 0 Å². The average Bonchev–Trinajstić information content (AvgIpc) is 2.47. The Kier molecular flexibility index (Phi) is 3.52. The summed E-state index contributed by atoms with van der Waals surface area (Å²) in [5, 5.41) is 3.62. The van der Waals surface area contributed by atoms with Crippen LogP contribution < -0.4 is 5.32 Å². The van der Waals surface area contributed by atoms with Crippen molar-refractivity contribution >= 4 is 29.2 Å². The molecule has 0 aromatic heterocycles. The lowest BCUT2D eigenvalue weighted by molar-refractivity contribution is 0.878. The number of rotatable bonds is 2. The van der Waals surface area contributed by atoms with Crippen LogP contribution in [0, 0.1) is 0 Å². The summed E-state index contributed by atoms with van der Waals surface area (Å²) >= 11 is 3.72. The van der Waals surface area contributed by atoms with Gasteiger partial charge < -0.3 is 5.32 Å². The van der Waals surface area contributed by atoms with E-state index >= 15 is 0 Å². The Labute approximate surface area is 116 Å². The molecule has 1 unspecified atom stereocenters. The number of thioether (sulfide) groups is 2. The highest BCUT2D eigenvalue weighted by Gasteiger charge is 2.18. The van der Waals surface area contributed by atoms with Crippen molar-refractivity contribution in [2.45, 2.75) is 15.8 Å². The fourth-order valence-corrected chi connectivity index (χ4v) is 3.62. The number of nitrogens with one attached hydrogen (secondary N) is 1. The largest absolute Gasteiger partial charge is 0.376 e. The third-order valence-corrected chi connectivity index (χ3v) is 5.05. The van der Waals surface area contributed by atoms with E-state index in [2.05, 4.69) is 60.1 Å². The quantitative estimate of drug-likeness (QED) is 0.799. The third-order valence-electron chi connectivity index (χ3n) is 3.14. The maximum absolute atomic E-state index is 3.62. The molecule has 2 aromatic rings. The van der Waals surface area contributed by atoms with Crippen LogP contribution in [-0.2, 0) is 0 Å². The number of hydrogen-bond donors (Lipinski definition) is 1. The highest BCUT2D eigenvalue weighted by atomic mass is 32.2. The van der Waals surface area contributed by atoms with Crippen molar-refractivity contribution in [3.63, 3.8) is 0 Å². The van der Waals surface area contributed by atoms with Crippen molar-refractivity contribution in [2.24, 2.45) is 0 Å². The van der Waals surface area contributed by atoms with Gasteiger partial charge in [-0.15, -0.1) is 23.5 Å². The molecule has 0 spiro atoms. The first-order chi connectivity index (χ1) is 8.86. The maximum Gasteiger partial charge on any atom is 0.0608 e. The van der Waals surface area contributed by atoms with Crippen LogP contribution in [-0.4, -0.2) is 12.0 Å². The summed E-state index contributed by atoms with van der Waals surface area (Å²) in [5.41, 5.74) is 2.63. The molecule has 1 nitrogen and oxygen atoms in total. The fourth-order valence-electron chi connectivity index (χ4n) is 2.13. The Morgan fingerprint density at radius 2 is 1.89 bits per heavy atom. The molecule has 1 heterocycles. The zero-order chi connectivity index (χ0) is 12.4. The second-order valence-electron chi connectivity index (χ2n) is 4.28. The first kappa shape index (κ1) is 12.0. The van der Waals surface area contributed by atoms with Gasteiger partial charge in [0.15, 0.2) is 0 Å². The van der Waals surface area contributed by atoms with Gasteiger partial charge >= 0.3 is 0 Å². The molecule has 1 aliphatic heterocycles. The smallest absolute Gasteiger partial charge is 0.0608 e. The van der Waals surface area contributed by atoms with Crippen molar-refractivity contribution < 1.29 is 0 Å². The third kappa shape index (κ3) is 2.38. The van der Waals surface area contributed by atoms with Gasteiger partial charge in [-0.25, -0.2) is 0 Å². The van der Waals surface area contributed by atoms with Gasteiger partial charge in [0.2, 0.25) is 0 Å². The number of para-hydroxylation sites is 1. The van der Waals surface area contributed by atoms with Crippen LogP contribution in [0.25, 0.3) is 0 Å². The SMILES string of the molecule is CSc1ccc(C2CSc3ccccc3N2)cc1. The Balaban J connectivity index is 1.82. The molecule has 0 radical (unpaired) electrons. The van der Waals surface area contributed by atoms with Gasteiger partial charge in [-0.3, -0.25) is 0 Å². The summed E-state index contributed by atoms with van der Waals surface area (Å²) in [7, 11) is 0. The Morgan fingerprint density at radius 1 is 1.11 bits per heavy atom. The van der Waals surface area contributed by atoms with E-state index in [1.165, 1.54) is 21.0 Å². The standard InChI is InChI=1S/C15H15NS2/c1-17-12-8-6-11(7-9-12)14-10-18-15-5-3-2-4-13(15)16-14/h2-9,14,16H,10H2,1H3. The Morgan fingerprint density at radius 3 is 2.67 bits per heavy atom. The lowest BCUT2D eigenvalue weighted by atomic mass is 10.1. The van der Waals surface area contributed by atoms with E-state index in [0.717, 1.165) is 5.75 Å². The normalized spacial score (nSPS) is 17.9. The lowest BCUT2D eigenvalue weighted by Gasteiger charge is -2.26. The molecule has 0 fully saturated rings. The molecule has 3 heteroatoms. The van der Waals surface area contributed by atoms with E-state index in [4.69, 9.17) is 0 Å². The van der Waals surface area contributed by atoms with Crippen molar-refractivity contribution in [1.82, 2.24) is 0 Å². The molecular formula is C15H15NS2. The van der Waals surface area contributed by atoms with Crippen molar-refractivity contribution in [2.75, 3.05) is 17.3 Å². The number of benzene rings is 2.